The molecule has 2 unspecified atom stereocenters. The van der Waals surface area contributed by atoms with E-state index in [1.165, 1.54) is 0 Å². The molecule has 0 spiro atoms. The predicted octanol–water partition coefficient (Wildman–Crippen LogP) is 1.61. The molecule has 1 aromatic rings. The summed E-state index contributed by atoms with van der Waals surface area (Å²) in [5.41, 5.74) is -0.714. The minimum atomic E-state index is -0.987. The molecule has 128 valence electrons. The average Bonchev–Trinajstić information content (AvgIpc) is 2.44. The number of benzene rings is 1. The highest BCUT2D eigenvalue weighted by molar-refractivity contribution is 5.98. The number of nitrogens with one attached hydrogen (secondary N) is 2. The molecule has 0 heterocycles. The van der Waals surface area contributed by atoms with Crippen molar-refractivity contribution >= 4 is 11.8 Å². The molecule has 7 heteroatoms. The summed E-state index contributed by atoms with van der Waals surface area (Å²) in [4.78, 5) is 24.3. The Hall–Kier alpha value is -2.02. The van der Waals surface area contributed by atoms with Crippen LogP contribution in [0.5, 0.6) is 0 Å². The highest BCUT2D eigenvalue weighted by Crippen LogP contribution is 2.13. The number of halogens is 2. The fraction of sp³-hybridized carbons (Fsp3) is 0.500. The van der Waals surface area contributed by atoms with E-state index in [9.17, 15) is 18.4 Å². The first kappa shape index (κ1) is 19.0. The van der Waals surface area contributed by atoms with Gasteiger partial charge < -0.3 is 15.7 Å². The van der Waals surface area contributed by atoms with Gasteiger partial charge in [0.25, 0.3) is 5.91 Å². The Kier molecular flexibility index (Phi) is 7.09. The summed E-state index contributed by atoms with van der Waals surface area (Å²) in [7, 11) is 0. The molecular weight excluding hydrogens is 306 g/mol. The molecule has 0 fully saturated rings. The van der Waals surface area contributed by atoms with E-state index < -0.39 is 35.1 Å². The lowest BCUT2D eigenvalue weighted by Gasteiger charge is -2.24. The van der Waals surface area contributed by atoms with E-state index >= 15 is 0 Å². The molecule has 23 heavy (non-hydrogen) atoms. The molecule has 2 atom stereocenters. The number of aliphatic hydroxyl groups excluding tert-OH is 1. The van der Waals surface area contributed by atoms with Crippen molar-refractivity contribution in [3.8, 4) is 0 Å². The molecule has 0 aliphatic rings. The van der Waals surface area contributed by atoms with Crippen molar-refractivity contribution in [2.24, 2.45) is 5.92 Å². The van der Waals surface area contributed by atoms with Crippen molar-refractivity contribution in [1.29, 1.82) is 0 Å². The van der Waals surface area contributed by atoms with Gasteiger partial charge in [0.1, 0.15) is 23.2 Å². The van der Waals surface area contributed by atoms with E-state index in [-0.39, 0.29) is 18.6 Å². The molecule has 0 bridgehead atoms. The number of aliphatic hydroxyl groups is 1. The van der Waals surface area contributed by atoms with Crippen LogP contribution in [-0.4, -0.2) is 35.6 Å². The zero-order valence-electron chi connectivity index (χ0n) is 13.4. The van der Waals surface area contributed by atoms with Gasteiger partial charge in [0.15, 0.2) is 0 Å². The van der Waals surface area contributed by atoms with Crippen molar-refractivity contribution in [2.75, 3.05) is 6.61 Å². The van der Waals surface area contributed by atoms with Crippen molar-refractivity contribution in [3.05, 3.63) is 35.4 Å². The first-order valence-electron chi connectivity index (χ1n) is 7.44. The maximum Gasteiger partial charge on any atom is 0.257 e. The van der Waals surface area contributed by atoms with Gasteiger partial charge in [-0.3, -0.25) is 9.59 Å². The molecule has 0 saturated carbocycles. The topological polar surface area (TPSA) is 78.4 Å². The summed E-state index contributed by atoms with van der Waals surface area (Å²) in [5.74, 6) is -3.71. The van der Waals surface area contributed by atoms with E-state index in [0.29, 0.717) is 6.42 Å². The molecule has 0 saturated heterocycles. The van der Waals surface area contributed by atoms with Crippen LogP contribution in [0.3, 0.4) is 0 Å². The van der Waals surface area contributed by atoms with Crippen molar-refractivity contribution in [3.63, 3.8) is 0 Å². The number of rotatable bonds is 7. The van der Waals surface area contributed by atoms with Crippen LogP contribution in [0.2, 0.25) is 0 Å². The van der Waals surface area contributed by atoms with E-state index in [0.717, 1.165) is 18.2 Å². The second-order valence-corrected chi connectivity index (χ2v) is 5.71. The number of carbonyl (C=O) groups is 2. The molecule has 1 aromatic carbocycles. The van der Waals surface area contributed by atoms with Gasteiger partial charge in [-0.05, 0) is 31.4 Å². The quantitative estimate of drug-likeness (QED) is 0.711. The number of carbonyl (C=O) groups excluding carboxylic acids is 2. The van der Waals surface area contributed by atoms with Crippen LogP contribution in [0.1, 0.15) is 37.6 Å². The van der Waals surface area contributed by atoms with E-state index in [2.05, 4.69) is 10.6 Å². The fourth-order valence-electron chi connectivity index (χ4n) is 2.06. The van der Waals surface area contributed by atoms with Crippen LogP contribution in [0.25, 0.3) is 0 Å². The normalized spacial score (nSPS) is 13.5. The summed E-state index contributed by atoms with van der Waals surface area (Å²) in [5, 5.41) is 13.9. The number of amides is 2. The van der Waals surface area contributed by atoms with Crippen LogP contribution in [0, 0.1) is 17.6 Å². The average molecular weight is 328 g/mol. The summed E-state index contributed by atoms with van der Waals surface area (Å²) in [6.07, 6.45) is 0.368. The maximum atomic E-state index is 13.6. The maximum absolute atomic E-state index is 13.6. The highest BCUT2D eigenvalue weighted by Gasteiger charge is 2.27. The minimum absolute atomic E-state index is 0.0827. The smallest absolute Gasteiger partial charge is 0.257 e. The molecule has 1 rings (SSSR count). The van der Waals surface area contributed by atoms with Crippen LogP contribution in [0.15, 0.2) is 18.2 Å². The molecule has 2 amide bonds. The van der Waals surface area contributed by atoms with Gasteiger partial charge in [0.2, 0.25) is 5.91 Å². The van der Waals surface area contributed by atoms with Gasteiger partial charge in [-0.25, -0.2) is 8.78 Å². The molecule has 0 radical (unpaired) electrons. The lowest BCUT2D eigenvalue weighted by Crippen LogP contribution is -2.52. The van der Waals surface area contributed by atoms with Crippen LogP contribution < -0.4 is 10.6 Å². The van der Waals surface area contributed by atoms with E-state index in [1.807, 2.05) is 0 Å². The zero-order valence-corrected chi connectivity index (χ0v) is 13.4. The Morgan fingerprint density at radius 3 is 2.17 bits per heavy atom. The molecule has 0 aliphatic heterocycles. The second-order valence-electron chi connectivity index (χ2n) is 5.71. The highest BCUT2D eigenvalue weighted by atomic mass is 19.1. The van der Waals surface area contributed by atoms with Crippen LogP contribution in [0.4, 0.5) is 8.78 Å². The Balaban J connectivity index is 2.87. The number of hydrogen-bond donors (Lipinski definition) is 3. The lowest BCUT2D eigenvalue weighted by atomic mass is 10.0. The SMILES string of the molecule is CC(CCO)NC(=O)C(NC(=O)c1c(F)cccc1F)C(C)C. The Bertz CT molecular complexity index is 544. The van der Waals surface area contributed by atoms with Gasteiger partial charge in [0.05, 0.1) is 0 Å². The molecule has 0 aromatic heterocycles. The second kappa shape index (κ2) is 8.57. The molecule has 3 N–H and O–H groups in total. The fourth-order valence-corrected chi connectivity index (χ4v) is 2.06. The number of hydrogen-bond acceptors (Lipinski definition) is 3. The van der Waals surface area contributed by atoms with Gasteiger partial charge >= 0.3 is 0 Å². The zero-order chi connectivity index (χ0) is 17.6. The summed E-state index contributed by atoms with van der Waals surface area (Å²) >= 11 is 0. The van der Waals surface area contributed by atoms with Gasteiger partial charge in [-0.1, -0.05) is 19.9 Å². The van der Waals surface area contributed by atoms with Gasteiger partial charge in [-0.15, -0.1) is 0 Å². The standard InChI is InChI=1S/C16H22F2N2O3/c1-9(2)14(16(23)19-10(3)7-8-21)20-15(22)13-11(17)5-4-6-12(13)18/h4-6,9-10,14,21H,7-8H2,1-3H3,(H,19,23)(H,20,22). The first-order valence-corrected chi connectivity index (χ1v) is 7.44. The van der Waals surface area contributed by atoms with Gasteiger partial charge in [0, 0.05) is 12.6 Å². The lowest BCUT2D eigenvalue weighted by molar-refractivity contribution is -0.124. The summed E-state index contributed by atoms with van der Waals surface area (Å²) in [6, 6.07) is 1.89. The van der Waals surface area contributed by atoms with Crippen LogP contribution >= 0.6 is 0 Å². The van der Waals surface area contributed by atoms with E-state index in [4.69, 9.17) is 5.11 Å². The molecule has 0 aliphatic carbocycles. The largest absolute Gasteiger partial charge is 0.396 e. The Morgan fingerprint density at radius 1 is 1.13 bits per heavy atom. The predicted molar refractivity (Wildman–Crippen MR) is 81.8 cm³/mol. The summed E-state index contributed by atoms with van der Waals surface area (Å²) in [6.45, 7) is 5.04. The van der Waals surface area contributed by atoms with Gasteiger partial charge in [-0.2, -0.15) is 0 Å². The third kappa shape index (κ3) is 5.28. The first-order chi connectivity index (χ1) is 10.8. The summed E-state index contributed by atoms with van der Waals surface area (Å²) < 4.78 is 27.3. The van der Waals surface area contributed by atoms with Crippen molar-refractivity contribution in [1.82, 2.24) is 10.6 Å². The van der Waals surface area contributed by atoms with Crippen molar-refractivity contribution < 1.29 is 23.5 Å². The van der Waals surface area contributed by atoms with Crippen LogP contribution in [-0.2, 0) is 4.79 Å². The third-order valence-corrected chi connectivity index (χ3v) is 3.38. The Labute approximate surface area is 134 Å². The minimum Gasteiger partial charge on any atom is -0.396 e. The molecular formula is C16H22F2N2O3. The Morgan fingerprint density at radius 2 is 1.70 bits per heavy atom. The third-order valence-electron chi connectivity index (χ3n) is 3.38. The van der Waals surface area contributed by atoms with Crippen molar-refractivity contribution in [2.45, 2.75) is 39.3 Å². The monoisotopic (exact) mass is 328 g/mol. The van der Waals surface area contributed by atoms with E-state index in [1.54, 1.807) is 20.8 Å². The molecule has 5 nitrogen and oxygen atoms in total.